The lowest BCUT2D eigenvalue weighted by atomic mass is 10.0. The minimum absolute atomic E-state index is 0.194. The van der Waals surface area contributed by atoms with Crippen molar-refractivity contribution in [1.82, 2.24) is 19.9 Å². The van der Waals surface area contributed by atoms with Crippen molar-refractivity contribution in [3.8, 4) is 11.1 Å². The van der Waals surface area contributed by atoms with E-state index in [1.54, 1.807) is 30.7 Å². The normalized spacial score (nSPS) is 14.3. The summed E-state index contributed by atoms with van der Waals surface area (Å²) in [5.74, 6) is -0.194. The van der Waals surface area contributed by atoms with E-state index in [-0.39, 0.29) is 5.91 Å². The zero-order valence-corrected chi connectivity index (χ0v) is 16.6. The fourth-order valence-corrected chi connectivity index (χ4v) is 3.96. The number of amides is 1. The van der Waals surface area contributed by atoms with Gasteiger partial charge in [-0.05, 0) is 55.3 Å². The number of aromatic nitrogens is 3. The quantitative estimate of drug-likeness (QED) is 0.521. The Labute approximate surface area is 175 Å². The van der Waals surface area contributed by atoms with Gasteiger partial charge in [-0.3, -0.25) is 14.7 Å². The molecule has 0 saturated carbocycles. The summed E-state index contributed by atoms with van der Waals surface area (Å²) in [7, 11) is 0. The lowest BCUT2D eigenvalue weighted by molar-refractivity contribution is 0.102. The Morgan fingerprint density at radius 3 is 2.67 bits per heavy atom. The number of rotatable bonds is 5. The number of carbonyl (C=O) groups excluding carboxylic acids is 1. The van der Waals surface area contributed by atoms with Crippen LogP contribution in [-0.4, -0.2) is 38.8 Å². The van der Waals surface area contributed by atoms with E-state index in [2.05, 4.69) is 55.5 Å². The van der Waals surface area contributed by atoms with Gasteiger partial charge in [0, 0.05) is 42.3 Å². The lowest BCUT2D eigenvalue weighted by Gasteiger charge is -2.14. The first-order valence-corrected chi connectivity index (χ1v) is 10.3. The molecular weight excluding hydrogens is 374 g/mol. The zero-order chi connectivity index (χ0) is 20.3. The molecule has 6 nitrogen and oxygen atoms in total. The number of anilines is 1. The second kappa shape index (κ2) is 8.08. The summed E-state index contributed by atoms with van der Waals surface area (Å²) >= 11 is 0. The molecule has 6 heteroatoms. The Bertz CT molecular complexity index is 1160. The number of pyridine rings is 2. The van der Waals surface area contributed by atoms with Crippen LogP contribution < -0.4 is 5.32 Å². The van der Waals surface area contributed by atoms with Gasteiger partial charge in [-0.1, -0.05) is 24.3 Å². The Kier molecular flexibility index (Phi) is 4.99. The second-order valence-corrected chi connectivity index (χ2v) is 7.70. The molecule has 0 atom stereocenters. The molecule has 150 valence electrons. The van der Waals surface area contributed by atoms with Crippen LogP contribution in [0.5, 0.6) is 0 Å². The molecule has 1 amide bonds. The van der Waals surface area contributed by atoms with E-state index in [0.29, 0.717) is 11.3 Å². The van der Waals surface area contributed by atoms with Gasteiger partial charge >= 0.3 is 0 Å². The van der Waals surface area contributed by atoms with Gasteiger partial charge in [-0.15, -0.1) is 0 Å². The molecule has 3 aromatic heterocycles. The van der Waals surface area contributed by atoms with Crippen molar-refractivity contribution < 1.29 is 4.79 Å². The number of fused-ring (bicyclic) bond motifs is 1. The van der Waals surface area contributed by atoms with E-state index in [1.165, 1.54) is 31.5 Å². The maximum Gasteiger partial charge on any atom is 0.257 e. The van der Waals surface area contributed by atoms with Crippen molar-refractivity contribution in [3.05, 3.63) is 78.4 Å². The molecule has 4 heterocycles. The summed E-state index contributed by atoms with van der Waals surface area (Å²) in [5.41, 5.74) is 5.43. The van der Waals surface area contributed by atoms with E-state index in [1.807, 2.05) is 6.20 Å². The molecule has 0 spiro atoms. The summed E-state index contributed by atoms with van der Waals surface area (Å²) in [6.45, 7) is 3.41. The highest BCUT2D eigenvalue weighted by Gasteiger charge is 2.13. The molecule has 0 aliphatic carbocycles. The van der Waals surface area contributed by atoms with Gasteiger partial charge in [0.2, 0.25) is 0 Å². The fourth-order valence-electron chi connectivity index (χ4n) is 3.96. The van der Waals surface area contributed by atoms with E-state index in [9.17, 15) is 4.79 Å². The van der Waals surface area contributed by atoms with Crippen molar-refractivity contribution in [2.75, 3.05) is 18.4 Å². The van der Waals surface area contributed by atoms with Crippen molar-refractivity contribution >= 4 is 22.6 Å². The summed E-state index contributed by atoms with van der Waals surface area (Å²) in [4.78, 5) is 26.7. The lowest BCUT2D eigenvalue weighted by Crippen LogP contribution is -2.18. The maximum atomic E-state index is 12.5. The molecule has 2 N–H and O–H groups in total. The van der Waals surface area contributed by atoms with Crippen LogP contribution in [0.2, 0.25) is 0 Å². The smallest absolute Gasteiger partial charge is 0.257 e. The molecular formula is C24H23N5O. The molecule has 1 aromatic carbocycles. The van der Waals surface area contributed by atoms with Crippen LogP contribution >= 0.6 is 0 Å². The minimum atomic E-state index is -0.194. The Hall–Kier alpha value is -3.51. The van der Waals surface area contributed by atoms with Crippen LogP contribution in [-0.2, 0) is 6.54 Å². The van der Waals surface area contributed by atoms with Gasteiger partial charge in [-0.2, -0.15) is 0 Å². The highest BCUT2D eigenvalue weighted by molar-refractivity contribution is 6.08. The third-order valence-corrected chi connectivity index (χ3v) is 5.60. The van der Waals surface area contributed by atoms with Crippen LogP contribution in [0.15, 0.2) is 67.3 Å². The van der Waals surface area contributed by atoms with E-state index < -0.39 is 0 Å². The maximum absolute atomic E-state index is 12.5. The zero-order valence-electron chi connectivity index (χ0n) is 16.6. The molecule has 1 fully saturated rings. The molecule has 4 aromatic rings. The number of likely N-dealkylation sites (tertiary alicyclic amines) is 1. The van der Waals surface area contributed by atoms with Gasteiger partial charge in [0.1, 0.15) is 5.65 Å². The predicted molar refractivity (Wildman–Crippen MR) is 118 cm³/mol. The van der Waals surface area contributed by atoms with Crippen molar-refractivity contribution in [2.45, 2.75) is 19.4 Å². The standard InChI is InChI=1S/C24H23N5O/c30-24(19-4-3-9-25-13-19)28-22-15-27-23-21(22)12-20(14-26-23)18-7-5-17(6-8-18)16-29-10-1-2-11-29/h3-9,12-15H,1-2,10-11,16H2,(H,26,27)(H,28,30). The number of hydrogen-bond acceptors (Lipinski definition) is 4. The number of nitrogens with one attached hydrogen (secondary N) is 2. The molecule has 1 aliphatic heterocycles. The summed E-state index contributed by atoms with van der Waals surface area (Å²) in [6, 6.07) is 14.2. The average molecular weight is 397 g/mol. The van der Waals surface area contributed by atoms with Crippen LogP contribution in [0.3, 0.4) is 0 Å². The van der Waals surface area contributed by atoms with E-state index in [0.717, 1.165) is 28.7 Å². The number of nitrogens with zero attached hydrogens (tertiary/aromatic N) is 3. The Morgan fingerprint density at radius 2 is 1.90 bits per heavy atom. The third-order valence-electron chi connectivity index (χ3n) is 5.60. The van der Waals surface area contributed by atoms with Crippen molar-refractivity contribution in [3.63, 3.8) is 0 Å². The highest BCUT2D eigenvalue weighted by Crippen LogP contribution is 2.28. The molecule has 0 unspecified atom stereocenters. The van der Waals surface area contributed by atoms with Gasteiger partial charge in [-0.25, -0.2) is 4.98 Å². The fraction of sp³-hybridized carbons (Fsp3) is 0.208. The van der Waals surface area contributed by atoms with Crippen LogP contribution in [0.1, 0.15) is 28.8 Å². The predicted octanol–water partition coefficient (Wildman–Crippen LogP) is 4.47. The first-order valence-electron chi connectivity index (χ1n) is 10.3. The van der Waals surface area contributed by atoms with Gasteiger partial charge in [0.15, 0.2) is 0 Å². The average Bonchev–Trinajstić information content (AvgIpc) is 3.45. The summed E-state index contributed by atoms with van der Waals surface area (Å²) in [5, 5.41) is 3.83. The highest BCUT2D eigenvalue weighted by atomic mass is 16.1. The molecule has 5 rings (SSSR count). The first-order chi connectivity index (χ1) is 14.8. The number of carbonyl (C=O) groups is 1. The SMILES string of the molecule is O=C(Nc1c[nH]c2ncc(-c3ccc(CN4CCCC4)cc3)cc12)c1cccnc1. The third kappa shape index (κ3) is 3.82. The number of benzene rings is 1. The van der Waals surface area contributed by atoms with Crippen LogP contribution in [0, 0.1) is 0 Å². The molecule has 1 aliphatic rings. The summed E-state index contributed by atoms with van der Waals surface area (Å²) < 4.78 is 0. The van der Waals surface area contributed by atoms with Gasteiger partial charge in [0.05, 0.1) is 11.3 Å². The summed E-state index contributed by atoms with van der Waals surface area (Å²) in [6.07, 6.45) is 9.45. The number of hydrogen-bond donors (Lipinski definition) is 2. The van der Waals surface area contributed by atoms with Crippen LogP contribution in [0.25, 0.3) is 22.2 Å². The number of H-pyrrole nitrogens is 1. The van der Waals surface area contributed by atoms with Gasteiger partial charge < -0.3 is 10.3 Å². The number of aromatic amines is 1. The minimum Gasteiger partial charge on any atom is -0.344 e. The molecule has 0 bridgehead atoms. The molecule has 0 radical (unpaired) electrons. The molecule has 30 heavy (non-hydrogen) atoms. The Morgan fingerprint density at radius 1 is 1.07 bits per heavy atom. The Balaban J connectivity index is 1.38. The van der Waals surface area contributed by atoms with Crippen molar-refractivity contribution in [2.24, 2.45) is 0 Å². The molecule has 1 saturated heterocycles. The first kappa shape index (κ1) is 18.5. The van der Waals surface area contributed by atoms with E-state index >= 15 is 0 Å². The largest absolute Gasteiger partial charge is 0.344 e. The van der Waals surface area contributed by atoms with Crippen LogP contribution in [0.4, 0.5) is 5.69 Å². The van der Waals surface area contributed by atoms with E-state index in [4.69, 9.17) is 0 Å². The second-order valence-electron chi connectivity index (χ2n) is 7.70. The topological polar surface area (TPSA) is 73.9 Å². The van der Waals surface area contributed by atoms with Gasteiger partial charge in [0.25, 0.3) is 5.91 Å². The monoisotopic (exact) mass is 397 g/mol. The van der Waals surface area contributed by atoms with Crippen molar-refractivity contribution in [1.29, 1.82) is 0 Å².